The molecule has 0 bridgehead atoms. The Labute approximate surface area is 88.7 Å². The minimum atomic E-state index is -1.21. The average molecular weight is 224 g/mol. The molecule has 1 aromatic heterocycles. The normalized spacial score (nSPS) is 10.4. The van der Waals surface area contributed by atoms with Crippen molar-refractivity contribution >= 4 is 5.97 Å². The first-order valence-corrected chi connectivity index (χ1v) is 4.32. The quantitative estimate of drug-likeness (QED) is 0.846. The third-order valence-electron chi connectivity index (χ3n) is 1.96. The highest BCUT2D eigenvalue weighted by atomic mass is 19.1. The van der Waals surface area contributed by atoms with Gasteiger partial charge in [-0.3, -0.25) is 0 Å². The molecule has 82 valence electrons. The van der Waals surface area contributed by atoms with Gasteiger partial charge in [-0.1, -0.05) is 0 Å². The Bertz CT molecular complexity index is 552. The summed E-state index contributed by atoms with van der Waals surface area (Å²) in [5.41, 5.74) is -0.211. The molecule has 0 spiro atoms. The fourth-order valence-electron chi connectivity index (χ4n) is 1.24. The van der Waals surface area contributed by atoms with E-state index >= 15 is 0 Å². The van der Waals surface area contributed by atoms with Crippen LogP contribution in [0.4, 0.5) is 8.78 Å². The minimum Gasteiger partial charge on any atom is -0.476 e. The minimum absolute atomic E-state index is 0.00565. The van der Waals surface area contributed by atoms with E-state index in [1.54, 1.807) is 0 Å². The van der Waals surface area contributed by atoms with Gasteiger partial charge in [0.2, 0.25) is 0 Å². The predicted octanol–water partition coefficient (Wildman–Crippen LogP) is 1.85. The number of aromatic carboxylic acids is 1. The molecular weight excluding hydrogens is 218 g/mol. The summed E-state index contributed by atoms with van der Waals surface area (Å²) in [6, 6.07) is 4.19. The van der Waals surface area contributed by atoms with Gasteiger partial charge < -0.3 is 5.11 Å². The molecular formula is C10H6F2N2O2. The summed E-state index contributed by atoms with van der Waals surface area (Å²) in [6.45, 7) is 0. The molecule has 0 saturated heterocycles. The maximum atomic E-state index is 13.3. The lowest BCUT2D eigenvalue weighted by atomic mass is 10.3. The number of aromatic nitrogens is 2. The van der Waals surface area contributed by atoms with E-state index in [2.05, 4.69) is 5.10 Å². The Morgan fingerprint density at radius 2 is 2.06 bits per heavy atom. The van der Waals surface area contributed by atoms with E-state index in [0.29, 0.717) is 6.07 Å². The van der Waals surface area contributed by atoms with Crippen LogP contribution in [-0.2, 0) is 0 Å². The topological polar surface area (TPSA) is 55.1 Å². The first-order valence-electron chi connectivity index (χ1n) is 4.32. The van der Waals surface area contributed by atoms with E-state index in [1.165, 1.54) is 18.3 Å². The third-order valence-corrected chi connectivity index (χ3v) is 1.96. The second-order valence-corrected chi connectivity index (χ2v) is 3.05. The van der Waals surface area contributed by atoms with Crippen LogP contribution in [0, 0.1) is 11.6 Å². The molecule has 6 heteroatoms. The Balaban J connectivity index is 2.46. The molecule has 1 aromatic carbocycles. The van der Waals surface area contributed by atoms with Crippen LogP contribution in [0.5, 0.6) is 0 Å². The van der Waals surface area contributed by atoms with Crippen LogP contribution in [0.25, 0.3) is 5.69 Å². The zero-order valence-corrected chi connectivity index (χ0v) is 7.89. The first kappa shape index (κ1) is 10.3. The zero-order chi connectivity index (χ0) is 11.7. The van der Waals surface area contributed by atoms with Crippen molar-refractivity contribution in [2.45, 2.75) is 0 Å². The standard InChI is InChI=1S/C10H6F2N2O2/c11-6-1-2-9(7(12)5-6)14-4-3-8(13-14)10(15)16/h1-5H,(H,15,16). The van der Waals surface area contributed by atoms with E-state index in [4.69, 9.17) is 5.11 Å². The van der Waals surface area contributed by atoms with Gasteiger partial charge in [0.1, 0.15) is 11.5 Å². The van der Waals surface area contributed by atoms with Crippen molar-refractivity contribution in [3.8, 4) is 5.69 Å². The Morgan fingerprint density at radius 1 is 1.31 bits per heavy atom. The van der Waals surface area contributed by atoms with Crippen LogP contribution >= 0.6 is 0 Å². The lowest BCUT2D eigenvalue weighted by molar-refractivity contribution is 0.0690. The number of nitrogens with zero attached hydrogens (tertiary/aromatic N) is 2. The second kappa shape index (κ2) is 3.73. The second-order valence-electron chi connectivity index (χ2n) is 3.05. The highest BCUT2D eigenvalue weighted by Crippen LogP contribution is 2.14. The van der Waals surface area contributed by atoms with Crippen molar-refractivity contribution in [3.63, 3.8) is 0 Å². The van der Waals surface area contributed by atoms with Gasteiger partial charge in [-0.25, -0.2) is 18.3 Å². The lowest BCUT2D eigenvalue weighted by Crippen LogP contribution is -2.02. The zero-order valence-electron chi connectivity index (χ0n) is 7.89. The number of hydrogen-bond acceptors (Lipinski definition) is 2. The van der Waals surface area contributed by atoms with Crippen molar-refractivity contribution in [2.75, 3.05) is 0 Å². The first-order chi connectivity index (χ1) is 7.58. The molecule has 0 atom stereocenters. The Morgan fingerprint density at radius 3 is 2.62 bits per heavy atom. The average Bonchev–Trinajstić information content (AvgIpc) is 2.66. The summed E-state index contributed by atoms with van der Waals surface area (Å²) < 4.78 is 27.0. The fraction of sp³-hybridized carbons (Fsp3) is 0. The largest absolute Gasteiger partial charge is 0.476 e. The summed E-state index contributed by atoms with van der Waals surface area (Å²) in [6.07, 6.45) is 1.29. The molecule has 1 heterocycles. The molecule has 0 aliphatic carbocycles. The lowest BCUT2D eigenvalue weighted by Gasteiger charge is -2.02. The van der Waals surface area contributed by atoms with Gasteiger partial charge in [0.25, 0.3) is 0 Å². The van der Waals surface area contributed by atoms with E-state index < -0.39 is 17.6 Å². The SMILES string of the molecule is O=C(O)c1ccn(-c2ccc(F)cc2F)n1. The number of benzene rings is 1. The number of halogens is 2. The van der Waals surface area contributed by atoms with E-state index in [-0.39, 0.29) is 11.4 Å². The van der Waals surface area contributed by atoms with Gasteiger partial charge in [-0.2, -0.15) is 5.10 Å². The monoisotopic (exact) mass is 224 g/mol. The van der Waals surface area contributed by atoms with Crippen LogP contribution in [0.2, 0.25) is 0 Å². The van der Waals surface area contributed by atoms with Gasteiger partial charge in [-0.15, -0.1) is 0 Å². The number of carboxylic acids is 1. The maximum Gasteiger partial charge on any atom is 0.356 e. The Kier molecular flexibility index (Phi) is 2.40. The van der Waals surface area contributed by atoms with Gasteiger partial charge in [0.15, 0.2) is 11.5 Å². The van der Waals surface area contributed by atoms with Crippen LogP contribution in [0.15, 0.2) is 30.5 Å². The highest BCUT2D eigenvalue weighted by molar-refractivity contribution is 5.85. The number of hydrogen-bond donors (Lipinski definition) is 1. The van der Waals surface area contributed by atoms with E-state index in [1.807, 2.05) is 0 Å². The molecule has 2 aromatic rings. The molecule has 4 nitrogen and oxygen atoms in total. The molecule has 0 amide bonds. The van der Waals surface area contributed by atoms with Crippen molar-refractivity contribution < 1.29 is 18.7 Å². The molecule has 0 unspecified atom stereocenters. The molecule has 0 radical (unpaired) electrons. The van der Waals surface area contributed by atoms with Crippen LogP contribution < -0.4 is 0 Å². The van der Waals surface area contributed by atoms with Crippen molar-refractivity contribution in [3.05, 3.63) is 47.8 Å². The summed E-state index contributed by atoms with van der Waals surface area (Å²) in [4.78, 5) is 10.6. The molecule has 0 aliphatic rings. The van der Waals surface area contributed by atoms with Crippen molar-refractivity contribution in [2.24, 2.45) is 0 Å². The summed E-state index contributed by atoms with van der Waals surface area (Å²) in [5.74, 6) is -2.71. The predicted molar refractivity (Wildman–Crippen MR) is 50.4 cm³/mol. The molecule has 2 rings (SSSR count). The number of carboxylic acid groups (broad SMARTS) is 1. The smallest absolute Gasteiger partial charge is 0.356 e. The van der Waals surface area contributed by atoms with E-state index in [9.17, 15) is 13.6 Å². The molecule has 0 fully saturated rings. The third kappa shape index (κ3) is 1.77. The van der Waals surface area contributed by atoms with Gasteiger partial charge >= 0.3 is 5.97 Å². The van der Waals surface area contributed by atoms with Gasteiger partial charge in [-0.05, 0) is 18.2 Å². The molecule has 0 aliphatic heterocycles. The highest BCUT2D eigenvalue weighted by Gasteiger charge is 2.10. The van der Waals surface area contributed by atoms with Gasteiger partial charge in [0.05, 0.1) is 0 Å². The molecule has 1 N–H and O–H groups in total. The van der Waals surface area contributed by atoms with Crippen LogP contribution in [0.3, 0.4) is 0 Å². The van der Waals surface area contributed by atoms with Crippen molar-refractivity contribution in [1.82, 2.24) is 9.78 Å². The summed E-state index contributed by atoms with van der Waals surface area (Å²) in [5, 5.41) is 12.3. The van der Waals surface area contributed by atoms with Gasteiger partial charge in [0, 0.05) is 12.3 Å². The van der Waals surface area contributed by atoms with Crippen molar-refractivity contribution in [1.29, 1.82) is 0 Å². The maximum absolute atomic E-state index is 13.3. The summed E-state index contributed by atoms with van der Waals surface area (Å²) >= 11 is 0. The Hall–Kier alpha value is -2.24. The number of rotatable bonds is 2. The number of carbonyl (C=O) groups is 1. The summed E-state index contributed by atoms with van der Waals surface area (Å²) in [7, 11) is 0. The fourth-order valence-corrected chi connectivity index (χ4v) is 1.24. The molecule has 16 heavy (non-hydrogen) atoms. The van der Waals surface area contributed by atoms with Crippen LogP contribution in [0.1, 0.15) is 10.5 Å². The molecule has 0 saturated carbocycles. The van der Waals surface area contributed by atoms with E-state index in [0.717, 1.165) is 10.7 Å². The van der Waals surface area contributed by atoms with Crippen LogP contribution in [-0.4, -0.2) is 20.9 Å².